The lowest BCUT2D eigenvalue weighted by Crippen LogP contribution is -2.41. The van der Waals surface area contributed by atoms with Crippen molar-refractivity contribution in [3.05, 3.63) is 12.4 Å². The number of nitrogens with one attached hydrogen (secondary N) is 1. The van der Waals surface area contributed by atoms with E-state index in [1.807, 2.05) is 6.07 Å². The summed E-state index contributed by atoms with van der Waals surface area (Å²) in [7, 11) is 2.08. The van der Waals surface area contributed by atoms with Crippen molar-refractivity contribution in [3.8, 4) is 0 Å². The Balaban J connectivity index is 2.84. The fourth-order valence-electron chi connectivity index (χ4n) is 1.43. The van der Waals surface area contributed by atoms with Gasteiger partial charge in [-0.05, 0) is 26.7 Å². The van der Waals surface area contributed by atoms with Gasteiger partial charge < -0.3 is 10.2 Å². The van der Waals surface area contributed by atoms with E-state index in [0.29, 0.717) is 0 Å². The fourth-order valence-corrected chi connectivity index (χ4v) is 1.43. The number of rotatable bonds is 6. The summed E-state index contributed by atoms with van der Waals surface area (Å²) in [5.41, 5.74) is 0.108. The molecule has 0 bridgehead atoms. The second-order valence-electron chi connectivity index (χ2n) is 4.91. The highest BCUT2D eigenvalue weighted by Crippen LogP contribution is 2.23. The molecule has 4 nitrogen and oxygen atoms in total. The predicted octanol–water partition coefficient (Wildman–Crippen LogP) is 2.92. The third-order valence-corrected chi connectivity index (χ3v) is 3.33. The molecule has 1 aromatic heterocycles. The maximum Gasteiger partial charge on any atom is 0.134 e. The fraction of sp³-hybridized carbons (Fsp3) is 0.692. The van der Waals surface area contributed by atoms with E-state index in [4.69, 9.17) is 0 Å². The summed E-state index contributed by atoms with van der Waals surface area (Å²) in [4.78, 5) is 10.8. The van der Waals surface area contributed by atoms with Crippen molar-refractivity contribution in [1.29, 1.82) is 0 Å². The van der Waals surface area contributed by atoms with Crippen molar-refractivity contribution in [3.63, 3.8) is 0 Å². The van der Waals surface area contributed by atoms with Crippen LogP contribution in [-0.4, -0.2) is 29.1 Å². The standard InChI is InChI=1S/C13H24N4/c1-6-8-14-11-9-12(16-10-15-11)17(5)13(3,4)7-2/h9-10H,6-8H2,1-5H3,(H,14,15,16). The van der Waals surface area contributed by atoms with Crippen LogP contribution in [0.3, 0.4) is 0 Å². The van der Waals surface area contributed by atoms with E-state index in [-0.39, 0.29) is 5.54 Å². The molecule has 1 aromatic rings. The molecular weight excluding hydrogens is 212 g/mol. The Morgan fingerprint density at radius 1 is 1.29 bits per heavy atom. The van der Waals surface area contributed by atoms with Gasteiger partial charge in [-0.3, -0.25) is 0 Å². The van der Waals surface area contributed by atoms with Gasteiger partial charge in [0, 0.05) is 25.2 Å². The summed E-state index contributed by atoms with van der Waals surface area (Å²) in [5, 5.41) is 3.28. The molecule has 0 aromatic carbocycles. The van der Waals surface area contributed by atoms with Crippen LogP contribution in [0.5, 0.6) is 0 Å². The molecule has 96 valence electrons. The number of anilines is 2. The third-order valence-electron chi connectivity index (χ3n) is 3.33. The molecule has 0 aliphatic rings. The SMILES string of the molecule is CCCNc1cc(N(C)C(C)(C)CC)ncn1. The molecular formula is C13H24N4. The Morgan fingerprint density at radius 3 is 2.59 bits per heavy atom. The van der Waals surface area contributed by atoms with Crippen LogP contribution in [-0.2, 0) is 0 Å². The molecule has 1 heterocycles. The first-order valence-electron chi connectivity index (χ1n) is 6.31. The van der Waals surface area contributed by atoms with Gasteiger partial charge >= 0.3 is 0 Å². The molecule has 0 unspecified atom stereocenters. The zero-order valence-electron chi connectivity index (χ0n) is 11.6. The minimum atomic E-state index is 0.108. The van der Waals surface area contributed by atoms with Gasteiger partial charge in [0.15, 0.2) is 0 Å². The van der Waals surface area contributed by atoms with Crippen LogP contribution in [0.1, 0.15) is 40.5 Å². The number of hydrogen-bond acceptors (Lipinski definition) is 4. The lowest BCUT2D eigenvalue weighted by molar-refractivity contribution is 0.467. The lowest BCUT2D eigenvalue weighted by Gasteiger charge is -2.35. The van der Waals surface area contributed by atoms with E-state index in [9.17, 15) is 0 Å². The van der Waals surface area contributed by atoms with Crippen LogP contribution in [0, 0.1) is 0 Å². The molecule has 4 heteroatoms. The van der Waals surface area contributed by atoms with E-state index in [2.05, 4.69) is 54.9 Å². The molecule has 0 aliphatic carbocycles. The number of hydrogen-bond donors (Lipinski definition) is 1. The van der Waals surface area contributed by atoms with Crippen LogP contribution in [0.25, 0.3) is 0 Å². The molecule has 0 saturated heterocycles. The largest absolute Gasteiger partial charge is 0.370 e. The Labute approximate surface area is 104 Å². The lowest BCUT2D eigenvalue weighted by atomic mass is 10.0. The van der Waals surface area contributed by atoms with Gasteiger partial charge in [0.1, 0.15) is 18.0 Å². The molecule has 0 fully saturated rings. The normalized spacial score (nSPS) is 11.4. The Hall–Kier alpha value is -1.32. The number of nitrogens with zero attached hydrogens (tertiary/aromatic N) is 3. The van der Waals surface area contributed by atoms with Crippen LogP contribution in [0.15, 0.2) is 12.4 Å². The van der Waals surface area contributed by atoms with E-state index >= 15 is 0 Å². The molecule has 1 N–H and O–H groups in total. The molecule has 1 rings (SSSR count). The summed E-state index contributed by atoms with van der Waals surface area (Å²) in [5.74, 6) is 1.86. The van der Waals surface area contributed by atoms with Crippen LogP contribution >= 0.6 is 0 Å². The smallest absolute Gasteiger partial charge is 0.134 e. The molecule has 0 saturated carbocycles. The van der Waals surface area contributed by atoms with Crippen LogP contribution in [0.2, 0.25) is 0 Å². The second-order valence-corrected chi connectivity index (χ2v) is 4.91. The Bertz CT molecular complexity index is 349. The van der Waals surface area contributed by atoms with Crippen LogP contribution < -0.4 is 10.2 Å². The average Bonchev–Trinajstić information content (AvgIpc) is 2.35. The van der Waals surface area contributed by atoms with Gasteiger partial charge in [0.2, 0.25) is 0 Å². The average molecular weight is 236 g/mol. The molecule has 0 aliphatic heterocycles. The van der Waals surface area contributed by atoms with Crippen LogP contribution in [0.4, 0.5) is 11.6 Å². The van der Waals surface area contributed by atoms with Crippen molar-refractivity contribution < 1.29 is 0 Å². The third kappa shape index (κ3) is 3.58. The van der Waals surface area contributed by atoms with Crippen molar-refractivity contribution in [2.45, 2.75) is 46.1 Å². The quantitative estimate of drug-likeness (QED) is 0.824. The second kappa shape index (κ2) is 5.84. The highest BCUT2D eigenvalue weighted by atomic mass is 15.2. The molecule has 0 amide bonds. The summed E-state index contributed by atoms with van der Waals surface area (Å²) in [6, 6.07) is 2.01. The van der Waals surface area contributed by atoms with E-state index < -0.39 is 0 Å². The van der Waals surface area contributed by atoms with E-state index in [1.165, 1.54) is 0 Å². The van der Waals surface area contributed by atoms with Gasteiger partial charge in [-0.25, -0.2) is 9.97 Å². The van der Waals surface area contributed by atoms with E-state index in [1.54, 1.807) is 6.33 Å². The van der Waals surface area contributed by atoms with Gasteiger partial charge in [-0.2, -0.15) is 0 Å². The first kappa shape index (κ1) is 13.7. The molecule has 17 heavy (non-hydrogen) atoms. The summed E-state index contributed by atoms with van der Waals surface area (Å²) in [6.07, 6.45) is 3.79. The molecule has 0 atom stereocenters. The first-order chi connectivity index (χ1) is 8.01. The monoisotopic (exact) mass is 236 g/mol. The van der Waals surface area contributed by atoms with Gasteiger partial charge in [-0.15, -0.1) is 0 Å². The van der Waals surface area contributed by atoms with E-state index in [0.717, 1.165) is 31.0 Å². The van der Waals surface area contributed by atoms with Gasteiger partial charge in [0.25, 0.3) is 0 Å². The van der Waals surface area contributed by atoms with Gasteiger partial charge in [-0.1, -0.05) is 13.8 Å². The first-order valence-corrected chi connectivity index (χ1v) is 6.31. The summed E-state index contributed by atoms with van der Waals surface area (Å²) >= 11 is 0. The minimum absolute atomic E-state index is 0.108. The highest BCUT2D eigenvalue weighted by molar-refractivity contribution is 5.49. The number of aromatic nitrogens is 2. The van der Waals surface area contributed by atoms with Crippen molar-refractivity contribution in [1.82, 2.24) is 9.97 Å². The highest BCUT2D eigenvalue weighted by Gasteiger charge is 2.22. The topological polar surface area (TPSA) is 41.0 Å². The minimum Gasteiger partial charge on any atom is -0.370 e. The maximum atomic E-state index is 4.34. The summed E-state index contributed by atoms with van der Waals surface area (Å²) < 4.78 is 0. The van der Waals surface area contributed by atoms with Crippen molar-refractivity contribution >= 4 is 11.6 Å². The Morgan fingerprint density at radius 2 is 2.00 bits per heavy atom. The zero-order valence-corrected chi connectivity index (χ0v) is 11.6. The van der Waals surface area contributed by atoms with Gasteiger partial charge in [0.05, 0.1) is 0 Å². The van der Waals surface area contributed by atoms with Crippen molar-refractivity contribution in [2.24, 2.45) is 0 Å². The maximum absolute atomic E-state index is 4.34. The zero-order chi connectivity index (χ0) is 12.9. The predicted molar refractivity (Wildman–Crippen MR) is 73.6 cm³/mol. The molecule has 0 radical (unpaired) electrons. The summed E-state index contributed by atoms with van der Waals surface area (Å²) in [6.45, 7) is 9.70. The Kier molecular flexibility index (Phi) is 4.73. The van der Waals surface area contributed by atoms with Crippen molar-refractivity contribution in [2.75, 3.05) is 23.8 Å². The molecule has 0 spiro atoms.